The summed E-state index contributed by atoms with van der Waals surface area (Å²) in [6.45, 7) is 8.10. The van der Waals surface area contributed by atoms with E-state index in [1.165, 1.54) is 32.1 Å². The summed E-state index contributed by atoms with van der Waals surface area (Å²) >= 11 is 0. The normalized spacial score (nSPS) is 20.9. The fourth-order valence-electron chi connectivity index (χ4n) is 1.89. The zero-order chi connectivity index (χ0) is 11.9. The van der Waals surface area contributed by atoms with Gasteiger partial charge in [-0.3, -0.25) is 4.79 Å². The van der Waals surface area contributed by atoms with E-state index in [0.29, 0.717) is 5.41 Å². The predicted molar refractivity (Wildman–Crippen MR) is 63.6 cm³/mol. The van der Waals surface area contributed by atoms with Gasteiger partial charge in [-0.05, 0) is 0 Å². The third-order valence-corrected chi connectivity index (χ3v) is 3.14. The van der Waals surface area contributed by atoms with E-state index in [-0.39, 0.29) is 29.6 Å². The van der Waals surface area contributed by atoms with E-state index in [0.717, 1.165) is 12.8 Å². The van der Waals surface area contributed by atoms with Gasteiger partial charge in [-0.1, -0.05) is 52.4 Å². The Hall–Kier alpha value is 0.470. The summed E-state index contributed by atoms with van der Waals surface area (Å²) in [7, 11) is 0. The Morgan fingerprint density at radius 3 is 2.19 bits per heavy atom. The molecule has 0 heterocycles. The summed E-state index contributed by atoms with van der Waals surface area (Å²) in [5.41, 5.74) is 0.563. The first-order valence-electron chi connectivity index (χ1n) is 5.94. The van der Waals surface area contributed by atoms with E-state index in [1.807, 2.05) is 0 Å². The van der Waals surface area contributed by atoms with E-state index in [1.54, 1.807) is 0 Å². The van der Waals surface area contributed by atoms with E-state index < -0.39 is 5.97 Å². The molecule has 0 aromatic rings. The van der Waals surface area contributed by atoms with Crippen LogP contribution in [0.3, 0.4) is 0 Å². The van der Waals surface area contributed by atoms with Crippen LogP contribution in [0.1, 0.15) is 59.8 Å². The summed E-state index contributed by atoms with van der Waals surface area (Å²) in [5.74, 6) is 0.161. The number of carbonyl (C=O) groups is 1. The molecule has 1 N–H and O–H groups in total. The second kappa shape index (κ2) is 9.49. The second-order valence-corrected chi connectivity index (χ2v) is 4.97. The van der Waals surface area contributed by atoms with Crippen LogP contribution >= 0.6 is 0 Å². The molecular weight excluding hydrogens is 211 g/mol. The maximum absolute atomic E-state index is 9.00. The average Bonchev–Trinajstić information content (AvgIpc) is 2.10. The van der Waals surface area contributed by atoms with E-state index in [2.05, 4.69) is 27.2 Å². The monoisotopic (exact) mass is 236 g/mol. The Morgan fingerprint density at radius 1 is 1.44 bits per heavy atom. The Bertz CT molecular complexity index is 186. The van der Waals surface area contributed by atoms with Crippen LogP contribution in [0.15, 0.2) is 0 Å². The van der Waals surface area contributed by atoms with Crippen molar-refractivity contribution in [2.75, 3.05) is 0 Å². The fourth-order valence-corrected chi connectivity index (χ4v) is 1.89. The summed E-state index contributed by atoms with van der Waals surface area (Å²) in [5, 5.41) is 7.42. The first-order valence-corrected chi connectivity index (χ1v) is 5.94. The maximum Gasteiger partial charge on any atom is 1.00 e. The molecule has 0 aliphatic heterocycles. The minimum Gasteiger partial charge on any atom is -0.481 e. The molecule has 0 radical (unpaired) electrons. The molecule has 1 atom stereocenters. The van der Waals surface area contributed by atoms with E-state index in [9.17, 15) is 0 Å². The van der Waals surface area contributed by atoms with Crippen molar-refractivity contribution in [2.24, 2.45) is 11.3 Å². The molecule has 0 amide bonds. The van der Waals surface area contributed by atoms with Gasteiger partial charge in [0, 0.05) is 6.92 Å². The van der Waals surface area contributed by atoms with Gasteiger partial charge in [0.15, 0.2) is 0 Å². The van der Waals surface area contributed by atoms with Crippen molar-refractivity contribution in [3.63, 3.8) is 0 Å². The SMILES string of the molecule is CC(=O)O.CCCCCC1C[CH-]C1(C)C.[Na+]. The Morgan fingerprint density at radius 2 is 1.94 bits per heavy atom. The fraction of sp³-hybridized carbons (Fsp3) is 0.846. The molecule has 0 aromatic heterocycles. The summed E-state index contributed by atoms with van der Waals surface area (Å²) in [6.07, 6.45) is 9.51. The largest absolute Gasteiger partial charge is 1.00 e. The van der Waals surface area contributed by atoms with Gasteiger partial charge in [0.05, 0.1) is 0 Å². The van der Waals surface area contributed by atoms with Gasteiger partial charge in [-0.15, -0.1) is 0 Å². The van der Waals surface area contributed by atoms with Crippen LogP contribution in [0.25, 0.3) is 0 Å². The van der Waals surface area contributed by atoms with Crippen LogP contribution in [0.5, 0.6) is 0 Å². The van der Waals surface area contributed by atoms with Gasteiger partial charge in [0.1, 0.15) is 0 Å². The zero-order valence-corrected chi connectivity index (χ0v) is 13.5. The molecule has 1 aliphatic rings. The van der Waals surface area contributed by atoms with Crippen LogP contribution in [0.2, 0.25) is 0 Å². The minimum atomic E-state index is -0.833. The van der Waals surface area contributed by atoms with Crippen LogP contribution in [0, 0.1) is 17.8 Å². The number of aliphatic carboxylic acids is 1. The topological polar surface area (TPSA) is 37.3 Å². The summed E-state index contributed by atoms with van der Waals surface area (Å²) in [6, 6.07) is 0. The number of hydrogen-bond acceptors (Lipinski definition) is 1. The Kier molecular flexibility index (Phi) is 11.2. The van der Waals surface area contributed by atoms with Crippen molar-refractivity contribution in [2.45, 2.75) is 59.8 Å². The van der Waals surface area contributed by atoms with Crippen LogP contribution in [-0.2, 0) is 4.79 Å². The van der Waals surface area contributed by atoms with Gasteiger partial charge in [-0.25, -0.2) is 0 Å². The molecule has 2 nitrogen and oxygen atoms in total. The van der Waals surface area contributed by atoms with Gasteiger partial charge in [0.2, 0.25) is 0 Å². The first kappa shape index (κ1) is 18.8. The van der Waals surface area contributed by atoms with Gasteiger partial charge in [-0.2, -0.15) is 11.8 Å². The van der Waals surface area contributed by atoms with Crippen molar-refractivity contribution in [3.05, 3.63) is 6.42 Å². The van der Waals surface area contributed by atoms with Crippen molar-refractivity contribution in [3.8, 4) is 0 Å². The van der Waals surface area contributed by atoms with E-state index >= 15 is 0 Å². The van der Waals surface area contributed by atoms with Crippen molar-refractivity contribution < 1.29 is 39.5 Å². The van der Waals surface area contributed by atoms with Gasteiger partial charge >= 0.3 is 29.6 Å². The second-order valence-electron chi connectivity index (χ2n) is 4.97. The quantitative estimate of drug-likeness (QED) is 0.447. The van der Waals surface area contributed by atoms with Gasteiger partial charge in [0.25, 0.3) is 5.97 Å². The first-order chi connectivity index (χ1) is 6.90. The Balaban J connectivity index is 0. The molecule has 1 saturated carbocycles. The van der Waals surface area contributed by atoms with Crippen LogP contribution in [0.4, 0.5) is 0 Å². The molecule has 0 saturated heterocycles. The molecule has 0 spiro atoms. The summed E-state index contributed by atoms with van der Waals surface area (Å²) < 4.78 is 0. The molecule has 1 fully saturated rings. The number of carboxylic acid groups (broad SMARTS) is 1. The maximum atomic E-state index is 9.00. The molecule has 90 valence electrons. The minimum absolute atomic E-state index is 0. The van der Waals surface area contributed by atoms with E-state index in [4.69, 9.17) is 9.90 Å². The molecule has 1 aliphatic carbocycles. The average molecular weight is 236 g/mol. The standard InChI is InChI=1S/C11H21.C2H4O2.Na/c1-4-5-6-7-10-8-9-11(10,2)3;1-2(3)4;/h9-10H,4-8H2,1-3H3;1H3,(H,3,4);/q-1;;+1. The van der Waals surface area contributed by atoms with Gasteiger partial charge < -0.3 is 11.5 Å². The van der Waals surface area contributed by atoms with Crippen molar-refractivity contribution >= 4 is 5.97 Å². The number of rotatable bonds is 4. The van der Waals surface area contributed by atoms with Crippen molar-refractivity contribution in [1.29, 1.82) is 0 Å². The number of carboxylic acids is 1. The van der Waals surface area contributed by atoms with Crippen LogP contribution < -0.4 is 29.6 Å². The molecule has 0 aromatic carbocycles. The number of unbranched alkanes of at least 4 members (excludes halogenated alkanes) is 2. The van der Waals surface area contributed by atoms with Crippen LogP contribution in [-0.4, -0.2) is 11.1 Å². The Labute approximate surface area is 122 Å². The van der Waals surface area contributed by atoms with Crippen molar-refractivity contribution in [1.82, 2.24) is 0 Å². The summed E-state index contributed by atoms with van der Waals surface area (Å²) in [4.78, 5) is 9.00. The number of hydrogen-bond donors (Lipinski definition) is 1. The molecule has 1 rings (SSSR count). The smallest absolute Gasteiger partial charge is 0.481 e. The predicted octanol–water partition coefficient (Wildman–Crippen LogP) is 0.912. The third kappa shape index (κ3) is 8.60. The molecule has 16 heavy (non-hydrogen) atoms. The third-order valence-electron chi connectivity index (χ3n) is 3.14. The molecule has 1 unspecified atom stereocenters. The molecular formula is C13H25NaO2. The molecule has 3 heteroatoms. The zero-order valence-electron chi connectivity index (χ0n) is 11.5. The molecule has 0 bridgehead atoms.